The molecule has 116 valence electrons. The molecule has 21 heavy (non-hydrogen) atoms. The minimum Gasteiger partial charge on any atom is -0.396 e. The van der Waals surface area contributed by atoms with E-state index in [2.05, 4.69) is 18.1 Å². The minimum atomic E-state index is 0.246. The first-order valence-corrected chi connectivity index (χ1v) is 9.95. The number of nitrogens with two attached hydrogens (primary N) is 1. The van der Waals surface area contributed by atoms with Crippen molar-refractivity contribution >= 4 is 39.6 Å². The Labute approximate surface area is 135 Å². The third-order valence-corrected chi connectivity index (χ3v) is 6.86. The number of hydrogen-bond acceptors (Lipinski definition) is 5. The average Bonchev–Trinajstić information content (AvgIpc) is 3.22. The predicted octanol–water partition coefficient (Wildman–Crippen LogP) is 4.27. The van der Waals surface area contributed by atoms with Gasteiger partial charge in [-0.2, -0.15) is 0 Å². The van der Waals surface area contributed by atoms with E-state index in [-0.39, 0.29) is 11.7 Å². The molecule has 0 aliphatic heterocycles. The summed E-state index contributed by atoms with van der Waals surface area (Å²) in [4.78, 5) is 16.8. The van der Waals surface area contributed by atoms with Gasteiger partial charge in [0.2, 0.25) is 0 Å². The Morgan fingerprint density at radius 3 is 2.57 bits per heavy atom. The summed E-state index contributed by atoms with van der Waals surface area (Å²) in [5.41, 5.74) is 7.02. The van der Waals surface area contributed by atoms with E-state index < -0.39 is 0 Å². The molecule has 0 aromatic carbocycles. The lowest BCUT2D eigenvalue weighted by molar-refractivity contribution is 0.0972. The third kappa shape index (κ3) is 2.95. The standard InChI is InChI=1S/C16H24N2OS2/c1-3-18(9-10-5-4-6-10)16-15(20-2)12(17)14(21-16)13(19)11-7-8-11/h10-11H,3-9,17H2,1-2H3. The summed E-state index contributed by atoms with van der Waals surface area (Å²) >= 11 is 3.31. The number of nitrogen functional groups attached to an aromatic ring is 1. The molecule has 1 aromatic rings. The van der Waals surface area contributed by atoms with Crippen molar-refractivity contribution in [2.24, 2.45) is 11.8 Å². The number of anilines is 2. The molecule has 2 aliphatic carbocycles. The largest absolute Gasteiger partial charge is 0.396 e. The first-order chi connectivity index (χ1) is 10.2. The molecule has 2 aliphatic rings. The smallest absolute Gasteiger partial charge is 0.178 e. The van der Waals surface area contributed by atoms with Crippen LogP contribution in [0.1, 0.15) is 48.7 Å². The summed E-state index contributed by atoms with van der Waals surface area (Å²) in [5, 5.41) is 1.22. The zero-order valence-electron chi connectivity index (χ0n) is 12.9. The Bertz CT molecular complexity index is 533. The Kier molecular flexibility index (Phi) is 4.50. The van der Waals surface area contributed by atoms with Crippen LogP contribution < -0.4 is 10.6 Å². The molecule has 1 aromatic heterocycles. The highest BCUT2D eigenvalue weighted by atomic mass is 32.2. The van der Waals surface area contributed by atoms with Crippen LogP contribution in [0.15, 0.2) is 4.90 Å². The van der Waals surface area contributed by atoms with Crippen LogP contribution in [0.5, 0.6) is 0 Å². The molecule has 0 amide bonds. The lowest BCUT2D eigenvalue weighted by Crippen LogP contribution is -2.32. The van der Waals surface area contributed by atoms with Crippen molar-refractivity contribution < 1.29 is 4.79 Å². The number of rotatable bonds is 7. The van der Waals surface area contributed by atoms with E-state index in [1.165, 1.54) is 24.3 Å². The average molecular weight is 325 g/mol. The zero-order chi connectivity index (χ0) is 15.0. The highest BCUT2D eigenvalue weighted by molar-refractivity contribution is 7.99. The monoisotopic (exact) mass is 324 g/mol. The van der Waals surface area contributed by atoms with Gasteiger partial charge in [-0.05, 0) is 44.8 Å². The summed E-state index contributed by atoms with van der Waals surface area (Å²) in [6, 6.07) is 0. The quantitative estimate of drug-likeness (QED) is 0.601. The Morgan fingerprint density at radius 2 is 2.10 bits per heavy atom. The molecule has 1 heterocycles. The van der Waals surface area contributed by atoms with E-state index in [0.717, 1.165) is 47.3 Å². The summed E-state index contributed by atoms with van der Waals surface area (Å²) in [6.07, 6.45) is 8.21. The normalized spacial score (nSPS) is 18.6. The SMILES string of the molecule is CCN(CC1CCC1)c1sc(C(=O)C2CC2)c(N)c1SC. The van der Waals surface area contributed by atoms with Crippen LogP contribution in [0.2, 0.25) is 0 Å². The van der Waals surface area contributed by atoms with Crippen LogP contribution in [-0.2, 0) is 0 Å². The maximum atomic E-state index is 12.4. The molecular weight excluding hydrogens is 300 g/mol. The molecule has 2 N–H and O–H groups in total. The molecule has 0 saturated heterocycles. The number of carbonyl (C=O) groups is 1. The summed E-state index contributed by atoms with van der Waals surface area (Å²) in [5.74, 6) is 1.35. The van der Waals surface area contributed by atoms with Crippen LogP contribution in [0.25, 0.3) is 0 Å². The van der Waals surface area contributed by atoms with Crippen LogP contribution >= 0.6 is 23.1 Å². The summed E-state index contributed by atoms with van der Waals surface area (Å²) < 4.78 is 0. The molecule has 3 nitrogen and oxygen atoms in total. The van der Waals surface area contributed by atoms with E-state index >= 15 is 0 Å². The van der Waals surface area contributed by atoms with Crippen molar-refractivity contribution in [3.05, 3.63) is 4.88 Å². The van der Waals surface area contributed by atoms with Crippen LogP contribution in [-0.4, -0.2) is 25.1 Å². The molecule has 5 heteroatoms. The topological polar surface area (TPSA) is 46.3 Å². The van der Waals surface area contributed by atoms with Crippen molar-refractivity contribution in [2.75, 3.05) is 30.0 Å². The molecule has 2 fully saturated rings. The highest BCUT2D eigenvalue weighted by Gasteiger charge is 2.35. The van der Waals surface area contributed by atoms with E-state index in [9.17, 15) is 4.79 Å². The first kappa shape index (κ1) is 15.2. The second kappa shape index (κ2) is 6.21. The molecule has 0 unspecified atom stereocenters. The minimum absolute atomic E-state index is 0.246. The fourth-order valence-corrected chi connectivity index (χ4v) is 5.15. The zero-order valence-corrected chi connectivity index (χ0v) is 14.5. The Morgan fingerprint density at radius 1 is 1.38 bits per heavy atom. The van der Waals surface area contributed by atoms with Crippen molar-refractivity contribution in [1.29, 1.82) is 0 Å². The Hall–Kier alpha value is -0.680. The molecule has 0 bridgehead atoms. The van der Waals surface area contributed by atoms with Crippen LogP contribution in [0, 0.1) is 11.8 Å². The number of thioether (sulfide) groups is 1. The van der Waals surface area contributed by atoms with Crippen molar-refractivity contribution in [2.45, 2.75) is 43.9 Å². The first-order valence-electron chi connectivity index (χ1n) is 7.91. The van der Waals surface area contributed by atoms with Gasteiger partial charge < -0.3 is 10.6 Å². The van der Waals surface area contributed by atoms with Gasteiger partial charge in [0.05, 0.1) is 15.5 Å². The van der Waals surface area contributed by atoms with Gasteiger partial charge in [-0.25, -0.2) is 0 Å². The van der Waals surface area contributed by atoms with Gasteiger partial charge in [-0.15, -0.1) is 23.1 Å². The van der Waals surface area contributed by atoms with Gasteiger partial charge in [-0.3, -0.25) is 4.79 Å². The van der Waals surface area contributed by atoms with Gasteiger partial charge in [0.25, 0.3) is 0 Å². The lowest BCUT2D eigenvalue weighted by atomic mass is 9.85. The van der Waals surface area contributed by atoms with Crippen molar-refractivity contribution in [3.8, 4) is 0 Å². The molecule has 0 spiro atoms. The number of ketones is 1. The van der Waals surface area contributed by atoms with Gasteiger partial charge in [0.1, 0.15) is 5.00 Å². The third-order valence-electron chi connectivity index (χ3n) is 4.63. The molecule has 2 saturated carbocycles. The van der Waals surface area contributed by atoms with E-state index in [1.807, 2.05) is 0 Å². The summed E-state index contributed by atoms with van der Waals surface area (Å²) in [6.45, 7) is 4.29. The Balaban J connectivity index is 1.87. The fraction of sp³-hybridized carbons (Fsp3) is 0.688. The van der Waals surface area contributed by atoms with E-state index in [0.29, 0.717) is 0 Å². The highest BCUT2D eigenvalue weighted by Crippen LogP contribution is 2.47. The van der Waals surface area contributed by atoms with Crippen molar-refractivity contribution in [3.63, 3.8) is 0 Å². The maximum absolute atomic E-state index is 12.4. The fourth-order valence-electron chi connectivity index (χ4n) is 2.88. The second-order valence-electron chi connectivity index (χ2n) is 6.16. The van der Waals surface area contributed by atoms with E-state index in [1.54, 1.807) is 23.1 Å². The number of hydrogen-bond donors (Lipinski definition) is 1. The van der Waals surface area contributed by atoms with Crippen LogP contribution in [0.4, 0.5) is 10.7 Å². The number of Topliss-reactive ketones (excluding diaryl/α,β-unsaturated/α-hetero) is 1. The van der Waals surface area contributed by atoms with Gasteiger partial charge in [0.15, 0.2) is 5.78 Å². The second-order valence-corrected chi connectivity index (χ2v) is 7.97. The lowest BCUT2D eigenvalue weighted by Gasteiger charge is -2.32. The number of nitrogens with zero attached hydrogens (tertiary/aromatic N) is 1. The summed E-state index contributed by atoms with van der Waals surface area (Å²) in [7, 11) is 0. The van der Waals surface area contributed by atoms with Crippen LogP contribution in [0.3, 0.4) is 0 Å². The maximum Gasteiger partial charge on any atom is 0.178 e. The molecule has 3 rings (SSSR count). The van der Waals surface area contributed by atoms with Gasteiger partial charge >= 0.3 is 0 Å². The van der Waals surface area contributed by atoms with Crippen molar-refractivity contribution in [1.82, 2.24) is 0 Å². The molecule has 0 atom stereocenters. The van der Waals surface area contributed by atoms with Gasteiger partial charge in [0, 0.05) is 19.0 Å². The van der Waals surface area contributed by atoms with E-state index in [4.69, 9.17) is 5.73 Å². The molecular formula is C16H24N2OS2. The van der Waals surface area contributed by atoms with Gasteiger partial charge in [-0.1, -0.05) is 6.42 Å². The molecule has 0 radical (unpaired) electrons. The predicted molar refractivity (Wildman–Crippen MR) is 92.8 cm³/mol. The number of carbonyl (C=O) groups excluding carboxylic acids is 1. The number of thiophene rings is 1.